The van der Waals surface area contributed by atoms with Crippen LogP contribution < -0.4 is 10.6 Å². The van der Waals surface area contributed by atoms with Gasteiger partial charge in [-0.15, -0.1) is 0 Å². The molecule has 7 heteroatoms. The molecule has 0 bridgehead atoms. The van der Waals surface area contributed by atoms with Crippen LogP contribution >= 0.6 is 11.6 Å². The molecule has 3 N–H and O–H groups in total. The monoisotopic (exact) mass is 312 g/mol. The predicted octanol–water partition coefficient (Wildman–Crippen LogP) is 2.58. The highest BCUT2D eigenvalue weighted by Crippen LogP contribution is 2.21. The first-order valence-electron chi connectivity index (χ1n) is 6.66. The summed E-state index contributed by atoms with van der Waals surface area (Å²) >= 11 is 5.77. The van der Waals surface area contributed by atoms with Crippen molar-refractivity contribution in [1.82, 2.24) is 5.32 Å². The number of hydrogen-bond acceptors (Lipinski definition) is 3. The topological polar surface area (TPSA) is 87.7 Å². The van der Waals surface area contributed by atoms with Gasteiger partial charge in [0.2, 0.25) is 0 Å². The lowest BCUT2D eigenvalue weighted by atomic mass is 10.0. The predicted molar refractivity (Wildman–Crippen MR) is 79.0 cm³/mol. The van der Waals surface area contributed by atoms with E-state index in [1.807, 2.05) is 6.92 Å². The zero-order valence-electron chi connectivity index (χ0n) is 11.6. The van der Waals surface area contributed by atoms with Gasteiger partial charge in [0.15, 0.2) is 0 Å². The third-order valence-corrected chi connectivity index (χ3v) is 3.84. The van der Waals surface area contributed by atoms with E-state index in [1.165, 1.54) is 12.1 Å². The van der Waals surface area contributed by atoms with Gasteiger partial charge in [-0.1, -0.05) is 11.6 Å². The van der Waals surface area contributed by atoms with Crippen LogP contribution in [0.15, 0.2) is 18.2 Å². The number of anilines is 1. The summed E-state index contributed by atoms with van der Waals surface area (Å²) in [5.74, 6) is -0.837. The highest BCUT2D eigenvalue weighted by molar-refractivity contribution is 6.33. The molecular weight excluding hydrogens is 296 g/mol. The summed E-state index contributed by atoms with van der Waals surface area (Å²) in [7, 11) is 0. The first kappa shape index (κ1) is 15.6. The maximum absolute atomic E-state index is 11.8. The van der Waals surface area contributed by atoms with Gasteiger partial charge in [0.05, 0.1) is 16.7 Å². The number of carboxylic acid groups (broad SMARTS) is 1. The van der Waals surface area contributed by atoms with Crippen LogP contribution in [-0.2, 0) is 4.74 Å². The van der Waals surface area contributed by atoms with Crippen molar-refractivity contribution in [3.8, 4) is 0 Å². The van der Waals surface area contributed by atoms with Crippen molar-refractivity contribution in [2.45, 2.75) is 19.4 Å². The Kier molecular flexibility index (Phi) is 5.03. The van der Waals surface area contributed by atoms with Crippen LogP contribution in [-0.4, -0.2) is 36.4 Å². The number of nitrogens with one attached hydrogen (secondary N) is 2. The van der Waals surface area contributed by atoms with E-state index < -0.39 is 5.97 Å². The maximum Gasteiger partial charge on any atom is 0.337 e. The van der Waals surface area contributed by atoms with Crippen molar-refractivity contribution >= 4 is 29.3 Å². The van der Waals surface area contributed by atoms with E-state index in [4.69, 9.17) is 21.4 Å². The number of amides is 2. The molecule has 2 atom stereocenters. The number of urea groups is 1. The van der Waals surface area contributed by atoms with Gasteiger partial charge >= 0.3 is 12.0 Å². The number of halogens is 1. The van der Waals surface area contributed by atoms with Gasteiger partial charge in [-0.2, -0.15) is 0 Å². The number of benzene rings is 1. The second-order valence-corrected chi connectivity index (χ2v) is 5.37. The molecule has 1 aromatic carbocycles. The average Bonchev–Trinajstić information content (AvgIpc) is 2.84. The second kappa shape index (κ2) is 6.78. The highest BCUT2D eigenvalue weighted by Gasteiger charge is 2.24. The summed E-state index contributed by atoms with van der Waals surface area (Å²) in [5, 5.41) is 14.5. The van der Waals surface area contributed by atoms with Crippen LogP contribution in [0.5, 0.6) is 0 Å². The van der Waals surface area contributed by atoms with E-state index >= 15 is 0 Å². The Balaban J connectivity index is 1.90. The number of ether oxygens (including phenoxy) is 1. The molecule has 1 fully saturated rings. The number of carbonyl (C=O) groups is 2. The first-order chi connectivity index (χ1) is 9.97. The van der Waals surface area contributed by atoms with Crippen LogP contribution in [0.1, 0.15) is 23.7 Å². The molecule has 21 heavy (non-hydrogen) atoms. The molecule has 1 heterocycles. The minimum Gasteiger partial charge on any atom is -0.478 e. The van der Waals surface area contributed by atoms with Crippen molar-refractivity contribution < 1.29 is 19.4 Å². The van der Waals surface area contributed by atoms with Gasteiger partial charge in [0, 0.05) is 24.8 Å². The Hall–Kier alpha value is -1.79. The molecule has 2 unspecified atom stereocenters. The molecule has 2 rings (SSSR count). The van der Waals surface area contributed by atoms with Gasteiger partial charge in [-0.05, 0) is 31.5 Å². The summed E-state index contributed by atoms with van der Waals surface area (Å²) in [6.07, 6.45) is 1.06. The number of hydrogen-bond donors (Lipinski definition) is 3. The van der Waals surface area contributed by atoms with Gasteiger partial charge in [-0.3, -0.25) is 0 Å². The van der Waals surface area contributed by atoms with E-state index in [2.05, 4.69) is 10.6 Å². The summed E-state index contributed by atoms with van der Waals surface area (Å²) in [5.41, 5.74) is 0.331. The zero-order chi connectivity index (χ0) is 15.4. The van der Waals surface area contributed by atoms with Crippen LogP contribution in [0.3, 0.4) is 0 Å². The molecule has 0 spiro atoms. The number of carboxylic acids is 1. The minimum absolute atomic E-state index is 0.0488. The Bertz CT molecular complexity index is 550. The first-order valence-corrected chi connectivity index (χ1v) is 7.04. The van der Waals surface area contributed by atoms with Crippen molar-refractivity contribution in [3.05, 3.63) is 28.8 Å². The number of rotatable bonds is 4. The molecule has 0 saturated carbocycles. The lowest BCUT2D eigenvalue weighted by Gasteiger charge is -2.15. The van der Waals surface area contributed by atoms with Gasteiger partial charge in [0.1, 0.15) is 0 Å². The zero-order valence-corrected chi connectivity index (χ0v) is 12.3. The lowest BCUT2D eigenvalue weighted by Crippen LogP contribution is -2.35. The van der Waals surface area contributed by atoms with E-state index in [-0.39, 0.29) is 22.7 Å². The smallest absolute Gasteiger partial charge is 0.337 e. The minimum atomic E-state index is -1.14. The molecule has 2 amide bonds. The molecular formula is C14H17ClN2O4. The Morgan fingerprint density at radius 1 is 1.48 bits per heavy atom. The number of carbonyl (C=O) groups excluding carboxylic acids is 1. The summed E-state index contributed by atoms with van der Waals surface area (Å²) < 4.78 is 5.42. The third kappa shape index (κ3) is 4.09. The fourth-order valence-electron chi connectivity index (χ4n) is 2.21. The van der Waals surface area contributed by atoms with Crippen LogP contribution in [0.4, 0.5) is 10.5 Å². The molecule has 1 aliphatic rings. The fraction of sp³-hybridized carbons (Fsp3) is 0.429. The fourth-order valence-corrected chi connectivity index (χ4v) is 2.41. The van der Waals surface area contributed by atoms with Crippen molar-refractivity contribution in [2.75, 3.05) is 18.5 Å². The summed E-state index contributed by atoms with van der Waals surface area (Å²) in [4.78, 5) is 22.8. The highest BCUT2D eigenvalue weighted by atomic mass is 35.5. The Labute approximate surface area is 127 Å². The normalized spacial score (nSPS) is 21.0. The van der Waals surface area contributed by atoms with Crippen molar-refractivity contribution in [1.29, 1.82) is 0 Å². The SMILES string of the molecule is CC1OCCC1CNC(=O)Nc1ccc(Cl)c(C(=O)O)c1. The largest absolute Gasteiger partial charge is 0.478 e. The second-order valence-electron chi connectivity index (χ2n) is 4.96. The van der Waals surface area contributed by atoms with Crippen LogP contribution in [0, 0.1) is 5.92 Å². The molecule has 6 nitrogen and oxygen atoms in total. The molecule has 0 aliphatic carbocycles. The molecule has 0 radical (unpaired) electrons. The Morgan fingerprint density at radius 3 is 2.86 bits per heavy atom. The average molecular weight is 313 g/mol. The van der Waals surface area contributed by atoms with E-state index in [0.29, 0.717) is 24.8 Å². The van der Waals surface area contributed by atoms with Gasteiger partial charge in [0.25, 0.3) is 0 Å². The van der Waals surface area contributed by atoms with E-state index in [1.54, 1.807) is 6.07 Å². The Morgan fingerprint density at radius 2 is 2.24 bits per heavy atom. The van der Waals surface area contributed by atoms with Gasteiger partial charge < -0.3 is 20.5 Å². The van der Waals surface area contributed by atoms with Crippen molar-refractivity contribution in [2.24, 2.45) is 5.92 Å². The molecule has 0 aromatic heterocycles. The standard InChI is InChI=1S/C14H17ClN2O4/c1-8-9(4-5-21-8)7-16-14(20)17-10-2-3-12(15)11(6-10)13(18)19/h2-3,6,8-9H,4-5,7H2,1H3,(H,18,19)(H2,16,17,20). The molecule has 114 valence electrons. The van der Waals surface area contributed by atoms with Crippen LogP contribution in [0.25, 0.3) is 0 Å². The molecule has 1 saturated heterocycles. The molecule has 1 aromatic rings. The quantitative estimate of drug-likeness (QED) is 0.797. The summed E-state index contributed by atoms with van der Waals surface area (Å²) in [6, 6.07) is 3.93. The van der Waals surface area contributed by atoms with Crippen LogP contribution in [0.2, 0.25) is 5.02 Å². The van der Waals surface area contributed by atoms with E-state index in [9.17, 15) is 9.59 Å². The lowest BCUT2D eigenvalue weighted by molar-refractivity contribution is 0.0697. The van der Waals surface area contributed by atoms with Gasteiger partial charge in [-0.25, -0.2) is 9.59 Å². The van der Waals surface area contributed by atoms with Crippen molar-refractivity contribution in [3.63, 3.8) is 0 Å². The third-order valence-electron chi connectivity index (χ3n) is 3.51. The maximum atomic E-state index is 11.8. The number of aromatic carboxylic acids is 1. The summed E-state index contributed by atoms with van der Waals surface area (Å²) in [6.45, 7) is 3.22. The van der Waals surface area contributed by atoms with E-state index in [0.717, 1.165) is 6.42 Å². The molecule has 1 aliphatic heterocycles.